The summed E-state index contributed by atoms with van der Waals surface area (Å²) in [5, 5.41) is -6.02. The smallest absolute Gasteiger partial charge is 0.0622 e. The molecule has 9 aromatic carbocycles. The Kier molecular flexibility index (Phi) is 2.37. The van der Waals surface area contributed by atoms with Gasteiger partial charge in [-0.2, -0.15) is 0 Å². The number of hydrogen-bond donors (Lipinski definition) is 0. The largest absolute Gasteiger partial charge is 0.0636 e. The van der Waals surface area contributed by atoms with Crippen molar-refractivity contribution < 1.29 is 41.1 Å². The molecule has 9 aromatic rings. The van der Waals surface area contributed by atoms with Crippen molar-refractivity contribution in [2.45, 2.75) is 0 Å². The van der Waals surface area contributed by atoms with Crippen molar-refractivity contribution in [1.29, 1.82) is 0 Å². The normalized spacial score (nSPS) is 20.6. The van der Waals surface area contributed by atoms with Gasteiger partial charge in [0.2, 0.25) is 0 Å². The SMILES string of the molecule is [2H]c1c([2H])c([2H])c(-c2c3c([2H])c([2H])c([2H])c([2H])c3c(-c3c([2H])c([2H])c([2H])c(-c4c([2H])c([2H])c5c([2H])c([2H])c([2H])c([2H])c5c4[2H])c3[2H])c3c([2H])c(-c4c([2H])c([2H])c5c([2H])c([2H])c([2H])c([2H])c5c4[2H])c([2H])c([2H])c23)c([2H])c1[2H]. The first-order chi connectivity index (χ1) is 35.3. The van der Waals surface area contributed by atoms with Crippen molar-refractivity contribution in [3.05, 3.63) is 181 Å². The quantitative estimate of drug-likeness (QED) is 0.173. The van der Waals surface area contributed by atoms with E-state index in [4.69, 9.17) is 26.0 Å². The van der Waals surface area contributed by atoms with E-state index in [9.17, 15) is 15.1 Å². The molecule has 0 fully saturated rings. The first-order valence-corrected chi connectivity index (χ1v) is 13.5. The lowest BCUT2D eigenvalue weighted by molar-refractivity contribution is 1.62. The highest BCUT2D eigenvalue weighted by atomic mass is 14.2. The van der Waals surface area contributed by atoms with Crippen LogP contribution in [0.4, 0.5) is 0 Å². The Morgan fingerprint density at radius 3 is 1.33 bits per heavy atom. The Morgan fingerprint density at radius 1 is 0.239 bits per heavy atom. The molecule has 0 nitrogen and oxygen atoms in total. The van der Waals surface area contributed by atoms with Crippen molar-refractivity contribution in [3.8, 4) is 44.5 Å². The maximum Gasteiger partial charge on any atom is 0.0636 e. The molecule has 0 saturated heterocycles. The first kappa shape index (κ1) is 10.0. The summed E-state index contributed by atoms with van der Waals surface area (Å²) in [6.45, 7) is 0. The average Bonchev–Trinajstić information content (AvgIpc) is 3.38. The zero-order valence-electron chi connectivity index (χ0n) is 53.0. The Hall–Kier alpha value is -5.98. The fourth-order valence-electron chi connectivity index (χ4n) is 5.12. The second-order valence-electron chi connectivity index (χ2n) is 9.75. The molecule has 0 heterocycles. The van der Waals surface area contributed by atoms with Crippen molar-refractivity contribution in [2.75, 3.05) is 0 Å². The number of rotatable bonds is 4. The lowest BCUT2D eigenvalue weighted by atomic mass is 9.84. The predicted octanol–water partition coefficient (Wildman–Crippen LogP) is 13.0. The number of fused-ring (bicyclic) bond motifs is 4. The molecule has 214 valence electrons. The van der Waals surface area contributed by atoms with Crippen molar-refractivity contribution in [1.82, 2.24) is 0 Å². The van der Waals surface area contributed by atoms with E-state index in [0.717, 1.165) is 0 Å². The van der Waals surface area contributed by atoms with Gasteiger partial charge in [0.25, 0.3) is 0 Å². The van der Waals surface area contributed by atoms with Crippen LogP contribution in [0.5, 0.6) is 0 Å². The van der Waals surface area contributed by atoms with Crippen molar-refractivity contribution >= 4 is 43.1 Å². The fourth-order valence-corrected chi connectivity index (χ4v) is 5.12. The Morgan fingerprint density at radius 2 is 0.674 bits per heavy atom. The molecule has 0 radical (unpaired) electrons. The van der Waals surface area contributed by atoms with Gasteiger partial charge in [-0.15, -0.1) is 0 Å². The lowest BCUT2D eigenvalue weighted by Gasteiger charge is -2.19. The maximum atomic E-state index is 10.1. The van der Waals surface area contributed by atoms with Gasteiger partial charge in [-0.1, -0.05) is 157 Å². The Balaban J connectivity index is 1.65. The average molecular weight is 613 g/mol. The predicted molar refractivity (Wildman–Crippen MR) is 198 cm³/mol. The molecule has 0 amide bonds. The highest BCUT2D eigenvalue weighted by molar-refractivity contribution is 6.22. The summed E-state index contributed by atoms with van der Waals surface area (Å²) in [6, 6.07) is -30.1. The van der Waals surface area contributed by atoms with Crippen LogP contribution in [0, 0.1) is 0 Å². The zero-order valence-corrected chi connectivity index (χ0v) is 23.0. The molecule has 0 saturated carbocycles. The summed E-state index contributed by atoms with van der Waals surface area (Å²) in [5.74, 6) is 0. The third-order valence-electron chi connectivity index (χ3n) is 7.12. The zero-order chi connectivity index (χ0) is 56.6. The third-order valence-corrected chi connectivity index (χ3v) is 7.12. The van der Waals surface area contributed by atoms with Crippen molar-refractivity contribution in [3.63, 3.8) is 0 Å². The van der Waals surface area contributed by atoms with E-state index < -0.39 is 269 Å². The molecule has 0 heteroatoms. The summed E-state index contributed by atoms with van der Waals surface area (Å²) < 4.78 is 270. The number of benzene rings is 9. The van der Waals surface area contributed by atoms with Gasteiger partial charge in [0.1, 0.15) is 0 Å². The topological polar surface area (TPSA) is 0 Å². The van der Waals surface area contributed by atoms with Gasteiger partial charge in [-0.3, -0.25) is 0 Å². The Labute approximate surface area is 311 Å². The summed E-state index contributed by atoms with van der Waals surface area (Å²) in [6.07, 6.45) is 0. The molecule has 0 atom stereocenters. The van der Waals surface area contributed by atoms with Crippen LogP contribution in [0.15, 0.2) is 181 Å². The second-order valence-corrected chi connectivity index (χ2v) is 9.75. The monoisotopic (exact) mass is 612 g/mol. The van der Waals surface area contributed by atoms with E-state index in [1.807, 2.05) is 0 Å². The molecule has 9 rings (SSSR count). The minimum atomic E-state index is -1.17. The second kappa shape index (κ2) is 10.9. The van der Waals surface area contributed by atoms with Crippen LogP contribution in [0.1, 0.15) is 41.1 Å². The summed E-state index contributed by atoms with van der Waals surface area (Å²) in [5.41, 5.74) is -7.23. The van der Waals surface area contributed by atoms with Gasteiger partial charge in [0.15, 0.2) is 0 Å². The first-order valence-electron chi connectivity index (χ1n) is 28.5. The standard InChI is InChI=1S/C46H30/c1-2-13-33(14-3-1)45-41-19-8-9-20-42(41)46(40-18-10-17-36(29-40)37-23-21-31-11-4-6-15-34(31)27-37)44-30-39(25-26-43(44)45)38-24-22-32-12-5-7-16-35(32)28-38/h1-30H/i1D,2D,3D,4D,5D,6D,7D,8D,9D,10D,11D,12D,13D,14D,15D,16D,17D,18D,19D,20D,21D,22D,23D,24D,25D,26D,27D,28D,29D,30D. The molecule has 0 N–H and O–H groups in total. The van der Waals surface area contributed by atoms with E-state index >= 15 is 0 Å². The van der Waals surface area contributed by atoms with Crippen LogP contribution >= 0.6 is 0 Å². The Bertz CT molecular complexity index is 4250. The summed E-state index contributed by atoms with van der Waals surface area (Å²) in [7, 11) is 0. The summed E-state index contributed by atoms with van der Waals surface area (Å²) in [4.78, 5) is 0. The minimum absolute atomic E-state index is 0.606. The maximum absolute atomic E-state index is 10.1. The third kappa shape index (κ3) is 4.47. The fraction of sp³-hybridized carbons (Fsp3) is 0. The number of hydrogen-bond acceptors (Lipinski definition) is 0. The molecule has 0 bridgehead atoms. The van der Waals surface area contributed by atoms with E-state index in [0.29, 0.717) is 0 Å². The van der Waals surface area contributed by atoms with Crippen LogP contribution in [-0.4, -0.2) is 0 Å². The van der Waals surface area contributed by atoms with Crippen LogP contribution in [-0.2, 0) is 0 Å². The minimum Gasteiger partial charge on any atom is -0.0622 e. The van der Waals surface area contributed by atoms with E-state index in [1.54, 1.807) is 0 Å². The highest BCUT2D eigenvalue weighted by Gasteiger charge is 2.18. The van der Waals surface area contributed by atoms with Gasteiger partial charge < -0.3 is 0 Å². The summed E-state index contributed by atoms with van der Waals surface area (Å²) >= 11 is 0. The molecular formula is C46H30. The van der Waals surface area contributed by atoms with E-state index in [1.165, 1.54) is 0 Å². The molecule has 0 unspecified atom stereocenters. The van der Waals surface area contributed by atoms with Gasteiger partial charge in [-0.25, -0.2) is 0 Å². The van der Waals surface area contributed by atoms with Crippen LogP contribution < -0.4 is 0 Å². The highest BCUT2D eigenvalue weighted by Crippen LogP contribution is 2.45. The van der Waals surface area contributed by atoms with Crippen LogP contribution in [0.3, 0.4) is 0 Å². The van der Waals surface area contributed by atoms with E-state index in [2.05, 4.69) is 0 Å². The van der Waals surface area contributed by atoms with Gasteiger partial charge in [-0.05, 0) is 112 Å². The van der Waals surface area contributed by atoms with Gasteiger partial charge >= 0.3 is 0 Å². The van der Waals surface area contributed by atoms with Crippen molar-refractivity contribution in [2.24, 2.45) is 0 Å². The molecular weight excluding hydrogens is 553 g/mol. The molecule has 0 aliphatic heterocycles. The molecule has 46 heavy (non-hydrogen) atoms. The van der Waals surface area contributed by atoms with Gasteiger partial charge in [0, 0.05) is 0 Å². The molecule has 0 aromatic heterocycles. The molecule has 0 spiro atoms. The van der Waals surface area contributed by atoms with Crippen LogP contribution in [0.25, 0.3) is 87.6 Å². The molecule has 0 aliphatic carbocycles. The van der Waals surface area contributed by atoms with Gasteiger partial charge in [0.05, 0.1) is 41.1 Å². The molecule has 0 aliphatic rings. The lowest BCUT2D eigenvalue weighted by Crippen LogP contribution is -1.92. The van der Waals surface area contributed by atoms with E-state index in [-0.39, 0.29) is 0 Å². The van der Waals surface area contributed by atoms with Crippen LogP contribution in [0.2, 0.25) is 0 Å².